The standard InChI is InChI=1S/C29H22F5N3O3/c1-35-26(39)23-20-11-18(15-4-7-21(31)19(10-15)25(38)37-28-12-16(28)13-28)22(8-9-29(32,33)34)36-27(20)40-24(23)14-2-5-17(30)6-3-14/h2-7,10-11,16H,8-9,12-13H2,1H3,(H,35,39)(H,37,38). The summed E-state index contributed by atoms with van der Waals surface area (Å²) in [6.07, 6.45) is -4.50. The van der Waals surface area contributed by atoms with Crippen molar-refractivity contribution < 1.29 is 36.0 Å². The number of halogens is 5. The molecule has 2 aliphatic carbocycles. The first kappa shape index (κ1) is 26.0. The van der Waals surface area contributed by atoms with E-state index >= 15 is 0 Å². The van der Waals surface area contributed by atoms with Crippen LogP contribution in [0.3, 0.4) is 0 Å². The zero-order valence-corrected chi connectivity index (χ0v) is 21.1. The number of furan rings is 1. The van der Waals surface area contributed by atoms with Crippen molar-refractivity contribution in [3.05, 3.63) is 77.0 Å². The molecule has 2 heterocycles. The fourth-order valence-electron chi connectivity index (χ4n) is 4.98. The van der Waals surface area contributed by atoms with Crippen LogP contribution in [0.1, 0.15) is 45.7 Å². The van der Waals surface area contributed by atoms with Gasteiger partial charge in [0.15, 0.2) is 0 Å². The number of rotatable bonds is 7. The lowest BCUT2D eigenvalue weighted by molar-refractivity contribution is -0.134. The van der Waals surface area contributed by atoms with E-state index in [0.29, 0.717) is 11.5 Å². The number of nitrogens with one attached hydrogen (secondary N) is 2. The van der Waals surface area contributed by atoms with Crippen molar-refractivity contribution in [2.45, 2.75) is 37.4 Å². The predicted octanol–water partition coefficient (Wildman–Crippen LogP) is 6.19. The van der Waals surface area contributed by atoms with Crippen molar-refractivity contribution >= 4 is 22.9 Å². The fourth-order valence-corrected chi connectivity index (χ4v) is 4.98. The molecule has 0 unspecified atom stereocenters. The van der Waals surface area contributed by atoms with E-state index in [1.54, 1.807) is 0 Å². The van der Waals surface area contributed by atoms with Crippen LogP contribution in [-0.4, -0.2) is 35.6 Å². The summed E-state index contributed by atoms with van der Waals surface area (Å²) in [6, 6.07) is 10.3. The number of carbonyl (C=O) groups is 2. The van der Waals surface area contributed by atoms with E-state index in [4.69, 9.17) is 4.42 Å². The maximum Gasteiger partial charge on any atom is 0.389 e. The summed E-state index contributed by atoms with van der Waals surface area (Å²) in [5.41, 5.74) is 0.260. The molecule has 0 atom stereocenters. The minimum absolute atomic E-state index is 0.00584. The zero-order chi connectivity index (χ0) is 28.4. The molecule has 6 nitrogen and oxygen atoms in total. The van der Waals surface area contributed by atoms with Gasteiger partial charge in [-0.05, 0) is 73.2 Å². The maximum atomic E-state index is 14.7. The van der Waals surface area contributed by atoms with Gasteiger partial charge in [0, 0.05) is 30.1 Å². The monoisotopic (exact) mass is 555 g/mol. The molecule has 2 amide bonds. The number of aromatic nitrogens is 1. The first-order chi connectivity index (χ1) is 19.0. The highest BCUT2D eigenvalue weighted by Gasteiger charge is 2.70. The van der Waals surface area contributed by atoms with Gasteiger partial charge in [-0.25, -0.2) is 13.8 Å². The largest absolute Gasteiger partial charge is 0.437 e. The normalized spacial score (nSPS) is 19.3. The van der Waals surface area contributed by atoms with E-state index in [2.05, 4.69) is 15.6 Å². The molecule has 2 saturated carbocycles. The topological polar surface area (TPSA) is 84.2 Å². The Balaban J connectivity index is 1.51. The van der Waals surface area contributed by atoms with Crippen LogP contribution in [-0.2, 0) is 6.42 Å². The first-order valence-corrected chi connectivity index (χ1v) is 12.6. The summed E-state index contributed by atoms with van der Waals surface area (Å²) in [5.74, 6) is -1.96. The summed E-state index contributed by atoms with van der Waals surface area (Å²) in [4.78, 5) is 30.1. The minimum Gasteiger partial charge on any atom is -0.437 e. The molecule has 2 fully saturated rings. The number of pyridine rings is 1. The number of hydrogen-bond acceptors (Lipinski definition) is 4. The summed E-state index contributed by atoms with van der Waals surface area (Å²) in [6.45, 7) is 0. The number of benzene rings is 2. The molecule has 0 spiro atoms. The lowest BCUT2D eigenvalue weighted by Gasteiger charge is -2.13. The lowest BCUT2D eigenvalue weighted by atomic mass is 9.96. The second-order valence-corrected chi connectivity index (χ2v) is 10.3. The molecule has 0 aliphatic heterocycles. The molecular formula is C29H22F5N3O3. The van der Waals surface area contributed by atoms with Gasteiger partial charge >= 0.3 is 6.18 Å². The summed E-state index contributed by atoms with van der Waals surface area (Å²) in [7, 11) is 1.40. The van der Waals surface area contributed by atoms with Gasteiger partial charge in [-0.3, -0.25) is 9.59 Å². The van der Waals surface area contributed by atoms with Crippen LogP contribution in [0.25, 0.3) is 33.6 Å². The van der Waals surface area contributed by atoms with Crippen molar-refractivity contribution in [2.75, 3.05) is 7.05 Å². The van der Waals surface area contributed by atoms with Crippen LogP contribution in [0.4, 0.5) is 22.0 Å². The van der Waals surface area contributed by atoms with E-state index in [-0.39, 0.29) is 50.3 Å². The van der Waals surface area contributed by atoms with E-state index in [1.807, 2.05) is 0 Å². The Morgan fingerprint density at radius 2 is 1.70 bits per heavy atom. The van der Waals surface area contributed by atoms with Crippen LogP contribution >= 0.6 is 0 Å². The molecule has 2 aromatic carbocycles. The number of fused-ring (bicyclic) bond motifs is 2. The van der Waals surface area contributed by atoms with E-state index in [0.717, 1.165) is 18.9 Å². The number of alkyl halides is 3. The number of amides is 2. The molecular weight excluding hydrogens is 533 g/mol. The van der Waals surface area contributed by atoms with Crippen LogP contribution in [0.5, 0.6) is 0 Å². The second kappa shape index (κ2) is 9.14. The summed E-state index contributed by atoms with van der Waals surface area (Å²) >= 11 is 0. The number of carbonyl (C=O) groups excluding carboxylic acids is 2. The Hall–Kier alpha value is -4.28. The van der Waals surface area contributed by atoms with Gasteiger partial charge in [-0.1, -0.05) is 6.07 Å². The molecule has 6 rings (SSSR count). The van der Waals surface area contributed by atoms with Crippen LogP contribution < -0.4 is 10.6 Å². The molecule has 4 aromatic rings. The smallest absolute Gasteiger partial charge is 0.389 e. The molecule has 206 valence electrons. The third-order valence-corrected chi connectivity index (χ3v) is 7.53. The molecule has 0 saturated heterocycles. The van der Waals surface area contributed by atoms with Crippen molar-refractivity contribution in [1.82, 2.24) is 15.6 Å². The lowest BCUT2D eigenvalue weighted by Crippen LogP contribution is -2.31. The fraction of sp³-hybridized carbons (Fsp3) is 0.276. The van der Waals surface area contributed by atoms with Crippen molar-refractivity contribution in [1.29, 1.82) is 0 Å². The van der Waals surface area contributed by atoms with Crippen LogP contribution in [0.2, 0.25) is 0 Å². The quantitative estimate of drug-likeness (QED) is 0.267. The van der Waals surface area contributed by atoms with Gasteiger partial charge in [0.1, 0.15) is 17.4 Å². The van der Waals surface area contributed by atoms with Gasteiger partial charge in [0.05, 0.1) is 22.2 Å². The highest BCUT2D eigenvalue weighted by molar-refractivity contribution is 6.11. The SMILES string of the molecule is CNC(=O)c1c(-c2ccc(F)cc2)oc2nc(CCC(F)(F)F)c(-c3ccc(F)c(C(=O)NC45CC4C5)c3)cc12. The van der Waals surface area contributed by atoms with Gasteiger partial charge in [0.2, 0.25) is 5.71 Å². The Kier molecular flexibility index (Phi) is 5.93. The molecule has 0 radical (unpaired) electrons. The minimum atomic E-state index is -4.48. The van der Waals surface area contributed by atoms with Crippen LogP contribution in [0.15, 0.2) is 52.9 Å². The highest BCUT2D eigenvalue weighted by Crippen LogP contribution is 2.66. The van der Waals surface area contributed by atoms with Crippen LogP contribution in [0, 0.1) is 17.6 Å². The van der Waals surface area contributed by atoms with Gasteiger partial charge < -0.3 is 15.1 Å². The molecule has 2 aliphatic rings. The maximum absolute atomic E-state index is 14.7. The molecule has 11 heteroatoms. The third kappa shape index (κ3) is 4.69. The Labute approximate surface area is 224 Å². The number of hydrogen-bond donors (Lipinski definition) is 2. The zero-order valence-electron chi connectivity index (χ0n) is 21.1. The Bertz CT molecular complexity index is 1670. The van der Waals surface area contributed by atoms with Crippen molar-refractivity contribution in [3.8, 4) is 22.5 Å². The molecule has 2 aromatic heterocycles. The highest BCUT2D eigenvalue weighted by atomic mass is 19.4. The van der Waals surface area contributed by atoms with E-state index < -0.39 is 42.5 Å². The summed E-state index contributed by atoms with van der Waals surface area (Å²) in [5, 5.41) is 5.55. The molecule has 40 heavy (non-hydrogen) atoms. The summed E-state index contributed by atoms with van der Waals surface area (Å²) < 4.78 is 73.8. The Morgan fingerprint density at radius 1 is 1.02 bits per heavy atom. The van der Waals surface area contributed by atoms with E-state index in [1.165, 1.54) is 49.5 Å². The van der Waals surface area contributed by atoms with Crippen molar-refractivity contribution in [3.63, 3.8) is 0 Å². The molecule has 0 bridgehead atoms. The van der Waals surface area contributed by atoms with Gasteiger partial charge in [-0.15, -0.1) is 0 Å². The third-order valence-electron chi connectivity index (χ3n) is 7.53. The predicted molar refractivity (Wildman–Crippen MR) is 135 cm³/mol. The van der Waals surface area contributed by atoms with Gasteiger partial charge in [-0.2, -0.15) is 13.2 Å². The van der Waals surface area contributed by atoms with Gasteiger partial charge in [0.25, 0.3) is 11.8 Å². The Morgan fingerprint density at radius 3 is 2.33 bits per heavy atom. The van der Waals surface area contributed by atoms with Crippen molar-refractivity contribution in [2.24, 2.45) is 5.92 Å². The first-order valence-electron chi connectivity index (χ1n) is 12.6. The molecule has 2 N–H and O–H groups in total. The number of aryl methyl sites for hydroxylation is 1. The second-order valence-electron chi connectivity index (χ2n) is 10.3. The average Bonchev–Trinajstić information content (AvgIpc) is 3.73. The average molecular weight is 556 g/mol. The number of nitrogens with zero attached hydrogens (tertiary/aromatic N) is 1. The van der Waals surface area contributed by atoms with E-state index in [9.17, 15) is 31.5 Å².